The summed E-state index contributed by atoms with van der Waals surface area (Å²) >= 11 is 0. The largest absolute Gasteiger partial charge is 0.412 e. The zero-order chi connectivity index (χ0) is 4.83. The van der Waals surface area contributed by atoms with Crippen LogP contribution in [0.2, 0.25) is 0 Å². The molecule has 0 fully saturated rings. The standard InChI is InChI=1S/C5H7N.H2O/c1-3-4-5-6-2;/h3-5H,1-2H2;1H2/b5-4-;. The molecule has 2 N–H and O–H groups in total. The average Bonchev–Trinajstić information content (AvgIpc) is 1.61. The van der Waals surface area contributed by atoms with E-state index in [1.807, 2.05) is 0 Å². The first-order valence-electron chi connectivity index (χ1n) is 1.65. The molecule has 0 saturated carbocycles. The number of nitrogens with zero attached hydrogens (tertiary/aromatic N) is 1. The van der Waals surface area contributed by atoms with E-state index < -0.39 is 0 Å². The molecule has 0 bridgehead atoms. The lowest BCUT2D eigenvalue weighted by atomic mass is 10.6. The molecule has 2 heteroatoms. The van der Waals surface area contributed by atoms with Crippen molar-refractivity contribution in [2.24, 2.45) is 4.99 Å². The van der Waals surface area contributed by atoms with Gasteiger partial charge in [-0.05, 0) is 12.8 Å². The molecule has 0 aromatic heterocycles. The van der Waals surface area contributed by atoms with Crippen LogP contribution in [0.1, 0.15) is 0 Å². The Morgan fingerprint density at radius 2 is 2.00 bits per heavy atom. The van der Waals surface area contributed by atoms with Crippen LogP contribution in [0.5, 0.6) is 0 Å². The Balaban J connectivity index is 0. The molecule has 0 unspecified atom stereocenters. The maximum atomic E-state index is 3.42. The third-order valence-electron chi connectivity index (χ3n) is 0.328. The van der Waals surface area contributed by atoms with E-state index in [9.17, 15) is 0 Å². The number of aliphatic imine (C=N–C) groups is 1. The summed E-state index contributed by atoms with van der Waals surface area (Å²) in [5.74, 6) is 0. The van der Waals surface area contributed by atoms with E-state index in [2.05, 4.69) is 18.3 Å². The van der Waals surface area contributed by atoms with Crippen molar-refractivity contribution >= 4 is 6.72 Å². The molecule has 0 amide bonds. The highest BCUT2D eigenvalue weighted by Crippen LogP contribution is 1.68. The highest BCUT2D eigenvalue weighted by atomic mass is 16.0. The maximum Gasteiger partial charge on any atom is 0.0260 e. The second kappa shape index (κ2) is 8.92. The van der Waals surface area contributed by atoms with E-state index in [-0.39, 0.29) is 5.48 Å². The molecular formula is C5H9NO. The molecule has 0 aromatic rings. The van der Waals surface area contributed by atoms with E-state index in [0.29, 0.717) is 0 Å². The fraction of sp³-hybridized carbons (Fsp3) is 0. The van der Waals surface area contributed by atoms with Gasteiger partial charge in [-0.3, -0.25) is 4.99 Å². The monoisotopic (exact) mass is 99.1 g/mol. The summed E-state index contributed by atoms with van der Waals surface area (Å²) in [6, 6.07) is 0. The van der Waals surface area contributed by atoms with E-state index in [1.54, 1.807) is 18.4 Å². The normalized spacial score (nSPS) is 7.43. The van der Waals surface area contributed by atoms with Gasteiger partial charge >= 0.3 is 0 Å². The van der Waals surface area contributed by atoms with Crippen LogP contribution in [0.25, 0.3) is 0 Å². The first kappa shape index (κ1) is 9.44. The van der Waals surface area contributed by atoms with Gasteiger partial charge in [-0.2, -0.15) is 0 Å². The average molecular weight is 99.1 g/mol. The first-order valence-corrected chi connectivity index (χ1v) is 1.65. The van der Waals surface area contributed by atoms with Crippen molar-refractivity contribution in [1.29, 1.82) is 0 Å². The highest BCUT2D eigenvalue weighted by molar-refractivity contribution is 5.25. The topological polar surface area (TPSA) is 43.9 Å². The summed E-state index contributed by atoms with van der Waals surface area (Å²) in [6.45, 7) is 6.64. The Bertz CT molecular complexity index is 66.1. The van der Waals surface area contributed by atoms with Gasteiger partial charge in [0.2, 0.25) is 0 Å². The van der Waals surface area contributed by atoms with Gasteiger partial charge in [0.1, 0.15) is 0 Å². The van der Waals surface area contributed by atoms with Crippen LogP contribution >= 0.6 is 0 Å². The summed E-state index contributed by atoms with van der Waals surface area (Å²) in [4.78, 5) is 3.42. The van der Waals surface area contributed by atoms with Crippen LogP contribution in [-0.2, 0) is 0 Å². The van der Waals surface area contributed by atoms with Gasteiger partial charge in [0.25, 0.3) is 0 Å². The quantitative estimate of drug-likeness (QED) is 0.358. The molecule has 0 radical (unpaired) electrons. The molecular weight excluding hydrogens is 90.1 g/mol. The molecule has 0 aliphatic heterocycles. The molecule has 0 heterocycles. The minimum absolute atomic E-state index is 0. The summed E-state index contributed by atoms with van der Waals surface area (Å²) < 4.78 is 0. The Morgan fingerprint density at radius 3 is 2.14 bits per heavy atom. The lowest BCUT2D eigenvalue weighted by Gasteiger charge is -1.61. The van der Waals surface area contributed by atoms with Crippen molar-refractivity contribution in [2.45, 2.75) is 0 Å². The highest BCUT2D eigenvalue weighted by Gasteiger charge is 1.47. The Kier molecular flexibility index (Phi) is 12.0. The van der Waals surface area contributed by atoms with Crippen LogP contribution in [0, 0.1) is 0 Å². The third kappa shape index (κ3) is 11.1. The minimum atomic E-state index is 0. The molecule has 0 rings (SSSR count). The predicted molar refractivity (Wildman–Crippen MR) is 32.5 cm³/mol. The van der Waals surface area contributed by atoms with Crippen LogP contribution in [0.3, 0.4) is 0 Å². The third-order valence-corrected chi connectivity index (χ3v) is 0.328. The Hall–Kier alpha value is -0.890. The van der Waals surface area contributed by atoms with Crippen molar-refractivity contribution in [1.82, 2.24) is 0 Å². The molecule has 2 nitrogen and oxygen atoms in total. The maximum absolute atomic E-state index is 3.42. The fourth-order valence-electron chi connectivity index (χ4n) is 0.122. The van der Waals surface area contributed by atoms with Crippen molar-refractivity contribution in [3.63, 3.8) is 0 Å². The lowest BCUT2D eigenvalue weighted by molar-refractivity contribution is 0.824. The summed E-state index contributed by atoms with van der Waals surface area (Å²) in [7, 11) is 0. The number of allylic oxidation sites excluding steroid dienone is 2. The number of rotatable bonds is 2. The van der Waals surface area contributed by atoms with E-state index in [0.717, 1.165) is 0 Å². The van der Waals surface area contributed by atoms with Crippen LogP contribution in [0.4, 0.5) is 0 Å². The second-order valence-corrected chi connectivity index (χ2v) is 0.760. The Labute approximate surface area is 43.2 Å². The van der Waals surface area contributed by atoms with Gasteiger partial charge in [-0.1, -0.05) is 12.7 Å². The first-order chi connectivity index (χ1) is 2.91. The van der Waals surface area contributed by atoms with Crippen LogP contribution in [0.15, 0.2) is 29.9 Å². The zero-order valence-corrected chi connectivity index (χ0v) is 4.09. The van der Waals surface area contributed by atoms with Gasteiger partial charge in [-0.25, -0.2) is 0 Å². The summed E-state index contributed by atoms with van der Waals surface area (Å²) in [5.41, 5.74) is 0. The predicted octanol–water partition coefficient (Wildman–Crippen LogP) is 0.562. The molecule has 0 aromatic carbocycles. The Morgan fingerprint density at radius 1 is 1.43 bits per heavy atom. The van der Waals surface area contributed by atoms with Gasteiger partial charge in [0, 0.05) is 6.20 Å². The minimum Gasteiger partial charge on any atom is -0.412 e. The van der Waals surface area contributed by atoms with Crippen molar-refractivity contribution in [2.75, 3.05) is 0 Å². The lowest BCUT2D eigenvalue weighted by Crippen LogP contribution is -1.40. The van der Waals surface area contributed by atoms with Crippen molar-refractivity contribution in [3.05, 3.63) is 24.9 Å². The van der Waals surface area contributed by atoms with Crippen LogP contribution in [-0.4, -0.2) is 12.2 Å². The van der Waals surface area contributed by atoms with Gasteiger partial charge in [0.15, 0.2) is 0 Å². The second-order valence-electron chi connectivity index (χ2n) is 0.760. The number of hydrogen-bond acceptors (Lipinski definition) is 1. The SMILES string of the molecule is C=C/C=C\N=C.O. The molecule has 0 atom stereocenters. The molecule has 0 saturated heterocycles. The molecule has 0 spiro atoms. The summed E-state index contributed by atoms with van der Waals surface area (Å²) in [5, 5.41) is 0. The van der Waals surface area contributed by atoms with E-state index in [4.69, 9.17) is 0 Å². The van der Waals surface area contributed by atoms with Gasteiger partial charge < -0.3 is 5.48 Å². The smallest absolute Gasteiger partial charge is 0.0260 e. The number of hydrogen-bond donors (Lipinski definition) is 0. The fourth-order valence-corrected chi connectivity index (χ4v) is 0.122. The van der Waals surface area contributed by atoms with Gasteiger partial charge in [0.05, 0.1) is 0 Å². The molecule has 0 aliphatic rings. The van der Waals surface area contributed by atoms with E-state index in [1.165, 1.54) is 0 Å². The molecule has 7 heavy (non-hydrogen) atoms. The summed E-state index contributed by atoms with van der Waals surface area (Å²) in [6.07, 6.45) is 4.94. The van der Waals surface area contributed by atoms with Crippen molar-refractivity contribution in [3.8, 4) is 0 Å². The molecule has 0 aliphatic carbocycles. The van der Waals surface area contributed by atoms with E-state index >= 15 is 0 Å². The van der Waals surface area contributed by atoms with Gasteiger partial charge in [-0.15, -0.1) is 0 Å². The van der Waals surface area contributed by atoms with Crippen molar-refractivity contribution < 1.29 is 5.48 Å². The molecule has 40 valence electrons. The van der Waals surface area contributed by atoms with Crippen LogP contribution < -0.4 is 0 Å². The zero-order valence-electron chi connectivity index (χ0n) is 4.09.